The average molecular weight is 407 g/mol. The number of benzene rings is 3. The maximum Gasteiger partial charge on any atom is 0.350 e. The van der Waals surface area contributed by atoms with Gasteiger partial charge in [-0.2, -0.15) is 0 Å². The summed E-state index contributed by atoms with van der Waals surface area (Å²) in [6.07, 6.45) is 3.78. The number of hydrogen-bond donors (Lipinski definition) is 1. The fourth-order valence-corrected chi connectivity index (χ4v) is 4.40. The van der Waals surface area contributed by atoms with Gasteiger partial charge in [-0.3, -0.25) is 9.88 Å². The molecule has 0 bridgehead atoms. The Kier molecular flexibility index (Phi) is 7.56. The Morgan fingerprint density at radius 3 is 1.66 bits per heavy atom. The fourth-order valence-electron chi connectivity index (χ4n) is 3.17. The van der Waals surface area contributed by atoms with Gasteiger partial charge in [-0.15, -0.1) is 0 Å². The van der Waals surface area contributed by atoms with Crippen LogP contribution in [-0.2, 0) is 13.6 Å². The molecule has 0 aliphatic rings. The van der Waals surface area contributed by atoms with E-state index in [1.165, 1.54) is 14.2 Å². The molecule has 0 heterocycles. The Morgan fingerprint density at radius 2 is 1.21 bits per heavy atom. The summed E-state index contributed by atoms with van der Waals surface area (Å²) in [6.45, 7) is 0. The van der Waals surface area contributed by atoms with Crippen LogP contribution in [0.1, 0.15) is 22.7 Å². The Hall–Kier alpha value is -2.49. The molecule has 3 aromatic carbocycles. The quantitative estimate of drug-likeness (QED) is 0.449. The lowest BCUT2D eigenvalue weighted by Crippen LogP contribution is -2.33. The number of rotatable bonds is 9. The second kappa shape index (κ2) is 10.3. The predicted octanol–water partition coefficient (Wildman–Crippen LogP) is 5.89. The Bertz CT molecular complexity index is 898. The predicted molar refractivity (Wildman–Crippen MR) is 119 cm³/mol. The van der Waals surface area contributed by atoms with Crippen LogP contribution in [0.15, 0.2) is 97.1 Å². The Balaban J connectivity index is 1.99. The zero-order valence-electron chi connectivity index (χ0n) is 16.6. The summed E-state index contributed by atoms with van der Waals surface area (Å²) in [7, 11) is -0.597. The molecular formula is C24H26NO3P. The Morgan fingerprint density at radius 1 is 0.759 bits per heavy atom. The first-order valence-corrected chi connectivity index (χ1v) is 11.1. The molecule has 5 heteroatoms. The van der Waals surface area contributed by atoms with Crippen LogP contribution in [-0.4, -0.2) is 20.0 Å². The van der Waals surface area contributed by atoms with E-state index in [0.717, 1.165) is 16.7 Å². The third-order valence-electron chi connectivity index (χ3n) is 4.72. The van der Waals surface area contributed by atoms with Crippen molar-refractivity contribution in [3.05, 3.63) is 114 Å². The molecule has 1 atom stereocenters. The van der Waals surface area contributed by atoms with E-state index in [9.17, 15) is 4.57 Å². The summed E-state index contributed by atoms with van der Waals surface area (Å²) in [5, 5.41) is 3.50. The monoisotopic (exact) mass is 407 g/mol. The summed E-state index contributed by atoms with van der Waals surface area (Å²) >= 11 is 0. The Labute approximate surface area is 172 Å². The van der Waals surface area contributed by atoms with Crippen molar-refractivity contribution in [1.82, 2.24) is 5.32 Å². The molecular weight excluding hydrogens is 381 g/mol. The maximum atomic E-state index is 13.3. The van der Waals surface area contributed by atoms with Gasteiger partial charge in [0.1, 0.15) is 5.78 Å². The van der Waals surface area contributed by atoms with Crippen molar-refractivity contribution in [2.24, 2.45) is 0 Å². The van der Waals surface area contributed by atoms with Gasteiger partial charge in [-0.1, -0.05) is 103 Å². The van der Waals surface area contributed by atoms with Crippen LogP contribution in [0.3, 0.4) is 0 Å². The molecule has 0 saturated carbocycles. The van der Waals surface area contributed by atoms with Crippen molar-refractivity contribution in [2.45, 2.75) is 11.8 Å². The maximum absolute atomic E-state index is 13.3. The van der Waals surface area contributed by atoms with Gasteiger partial charge in [0.15, 0.2) is 0 Å². The minimum Gasteiger partial charge on any atom is -0.311 e. The molecule has 0 amide bonds. The van der Waals surface area contributed by atoms with Crippen LogP contribution in [0.2, 0.25) is 0 Å². The first-order chi connectivity index (χ1) is 14.2. The number of nitrogens with one attached hydrogen (secondary N) is 1. The molecule has 1 N–H and O–H groups in total. The van der Waals surface area contributed by atoms with Crippen molar-refractivity contribution in [1.29, 1.82) is 0 Å². The highest BCUT2D eigenvalue weighted by Crippen LogP contribution is 2.52. The number of hydrogen-bond acceptors (Lipinski definition) is 4. The third-order valence-corrected chi connectivity index (χ3v) is 6.74. The normalized spacial score (nSPS) is 13.1. The molecule has 0 aliphatic carbocycles. The standard InChI is InChI=1S/C24H26NO3P/c1-27-29(26,28-2)23(19-18-20-12-6-3-7-13-20)25-24(21-14-8-4-9-15-21)22-16-10-5-11-17-22/h3-19,23-25H,1-2H3/t23-/m0/s1. The van der Waals surface area contributed by atoms with Gasteiger partial charge in [-0.25, -0.2) is 0 Å². The summed E-state index contributed by atoms with van der Waals surface area (Å²) in [5.74, 6) is -0.636. The summed E-state index contributed by atoms with van der Waals surface area (Å²) in [5.41, 5.74) is 3.14. The van der Waals surface area contributed by atoms with E-state index < -0.39 is 13.4 Å². The minimum atomic E-state index is -3.42. The van der Waals surface area contributed by atoms with Gasteiger partial charge in [-0.05, 0) is 16.7 Å². The van der Waals surface area contributed by atoms with Gasteiger partial charge < -0.3 is 9.05 Å². The van der Waals surface area contributed by atoms with E-state index in [-0.39, 0.29) is 6.04 Å². The highest BCUT2D eigenvalue weighted by Gasteiger charge is 2.34. The molecule has 3 rings (SSSR count). The van der Waals surface area contributed by atoms with Crippen molar-refractivity contribution in [3.8, 4) is 0 Å². The first-order valence-electron chi connectivity index (χ1n) is 9.46. The van der Waals surface area contributed by atoms with E-state index in [1.54, 1.807) is 0 Å². The molecule has 0 saturated heterocycles. The lowest BCUT2D eigenvalue weighted by Gasteiger charge is -2.28. The molecule has 0 spiro atoms. The van der Waals surface area contributed by atoms with Crippen LogP contribution in [0, 0.1) is 0 Å². The van der Waals surface area contributed by atoms with Gasteiger partial charge in [0, 0.05) is 14.2 Å². The lowest BCUT2D eigenvalue weighted by atomic mass is 9.99. The van der Waals surface area contributed by atoms with E-state index >= 15 is 0 Å². The zero-order chi connectivity index (χ0) is 20.5. The summed E-state index contributed by atoms with van der Waals surface area (Å²) in [4.78, 5) is 0. The van der Waals surface area contributed by atoms with Gasteiger partial charge in [0.05, 0.1) is 6.04 Å². The van der Waals surface area contributed by atoms with E-state index in [0.29, 0.717) is 0 Å². The van der Waals surface area contributed by atoms with Crippen molar-refractivity contribution in [3.63, 3.8) is 0 Å². The minimum absolute atomic E-state index is 0.179. The second-order valence-electron chi connectivity index (χ2n) is 6.54. The lowest BCUT2D eigenvalue weighted by molar-refractivity contribution is 0.263. The SMILES string of the molecule is COP(=O)(OC)[C@@H](C=Cc1ccccc1)NC(c1ccccc1)c1ccccc1. The molecule has 4 nitrogen and oxygen atoms in total. The second-order valence-corrected chi connectivity index (χ2v) is 8.91. The third kappa shape index (κ3) is 5.53. The van der Waals surface area contributed by atoms with E-state index in [1.807, 2.05) is 103 Å². The first kappa shape index (κ1) is 21.2. The van der Waals surface area contributed by atoms with E-state index in [4.69, 9.17) is 9.05 Å². The highest BCUT2D eigenvalue weighted by atomic mass is 31.2. The van der Waals surface area contributed by atoms with Crippen molar-refractivity contribution < 1.29 is 13.6 Å². The van der Waals surface area contributed by atoms with Crippen LogP contribution in [0.4, 0.5) is 0 Å². The van der Waals surface area contributed by atoms with Crippen molar-refractivity contribution in [2.75, 3.05) is 14.2 Å². The average Bonchev–Trinajstić information content (AvgIpc) is 2.80. The largest absolute Gasteiger partial charge is 0.350 e. The van der Waals surface area contributed by atoms with E-state index in [2.05, 4.69) is 5.32 Å². The molecule has 0 aromatic heterocycles. The molecule has 0 radical (unpaired) electrons. The topological polar surface area (TPSA) is 47.6 Å². The smallest absolute Gasteiger partial charge is 0.311 e. The van der Waals surface area contributed by atoms with Gasteiger partial charge in [0.25, 0.3) is 0 Å². The molecule has 0 fully saturated rings. The van der Waals surface area contributed by atoms with Crippen LogP contribution >= 0.6 is 7.60 Å². The zero-order valence-corrected chi connectivity index (χ0v) is 17.5. The molecule has 0 unspecified atom stereocenters. The molecule has 29 heavy (non-hydrogen) atoms. The summed E-state index contributed by atoms with van der Waals surface area (Å²) < 4.78 is 24.0. The van der Waals surface area contributed by atoms with Crippen LogP contribution in [0.25, 0.3) is 6.08 Å². The van der Waals surface area contributed by atoms with Crippen molar-refractivity contribution >= 4 is 13.7 Å². The molecule has 0 aliphatic heterocycles. The highest BCUT2D eigenvalue weighted by molar-refractivity contribution is 7.54. The molecule has 150 valence electrons. The van der Waals surface area contributed by atoms with Gasteiger partial charge in [0.2, 0.25) is 0 Å². The fraction of sp³-hybridized carbons (Fsp3) is 0.167. The molecule has 3 aromatic rings. The van der Waals surface area contributed by atoms with Gasteiger partial charge >= 0.3 is 7.60 Å². The van der Waals surface area contributed by atoms with Crippen LogP contribution < -0.4 is 5.32 Å². The van der Waals surface area contributed by atoms with Crippen LogP contribution in [0.5, 0.6) is 0 Å². The summed E-state index contributed by atoms with van der Waals surface area (Å²) in [6, 6.07) is 29.8.